The SMILES string of the molecule is Cc1cnc(C2C=c3c(ccc4c5c(ccc34)CC=CC=5)C(C)C2S(=O)(=O)O)cn1. The van der Waals surface area contributed by atoms with Gasteiger partial charge in [-0.15, -0.1) is 0 Å². The fourth-order valence-electron chi connectivity index (χ4n) is 4.87. The van der Waals surface area contributed by atoms with Crippen LogP contribution in [0.4, 0.5) is 0 Å². The number of aryl methyl sites for hydroxylation is 1. The normalized spacial score (nSPS) is 22.7. The number of rotatable bonds is 2. The van der Waals surface area contributed by atoms with Gasteiger partial charge < -0.3 is 0 Å². The first kappa shape index (κ1) is 19.2. The van der Waals surface area contributed by atoms with Crippen molar-refractivity contribution in [2.75, 3.05) is 0 Å². The van der Waals surface area contributed by atoms with E-state index in [0.29, 0.717) is 5.69 Å². The number of aromatic nitrogens is 2. The Morgan fingerprint density at radius 1 is 1.03 bits per heavy atom. The number of benzene rings is 2. The van der Waals surface area contributed by atoms with Crippen molar-refractivity contribution >= 4 is 33.0 Å². The third-order valence-electron chi connectivity index (χ3n) is 6.31. The molecular formula is C24H22N2O3S. The van der Waals surface area contributed by atoms with Crippen LogP contribution < -0.4 is 10.4 Å². The monoisotopic (exact) mass is 418 g/mol. The maximum absolute atomic E-state index is 12.4. The van der Waals surface area contributed by atoms with Crippen LogP contribution in [0.25, 0.3) is 22.9 Å². The molecule has 0 spiro atoms. The number of fused-ring (bicyclic) bond motifs is 5. The second kappa shape index (κ2) is 6.86. The zero-order chi connectivity index (χ0) is 21.0. The van der Waals surface area contributed by atoms with Crippen molar-refractivity contribution in [3.8, 4) is 0 Å². The third kappa shape index (κ3) is 2.99. The lowest BCUT2D eigenvalue weighted by atomic mass is 9.79. The molecule has 3 atom stereocenters. The molecule has 0 radical (unpaired) electrons. The lowest BCUT2D eigenvalue weighted by Crippen LogP contribution is -2.39. The van der Waals surface area contributed by atoms with E-state index in [-0.39, 0.29) is 0 Å². The van der Waals surface area contributed by atoms with E-state index in [4.69, 9.17) is 0 Å². The van der Waals surface area contributed by atoms with Crippen LogP contribution in [0.1, 0.15) is 41.3 Å². The fourth-order valence-corrected chi connectivity index (χ4v) is 6.12. The van der Waals surface area contributed by atoms with Gasteiger partial charge >= 0.3 is 0 Å². The summed E-state index contributed by atoms with van der Waals surface area (Å²) in [5.74, 6) is -0.974. The topological polar surface area (TPSA) is 80.2 Å². The molecule has 0 saturated carbocycles. The van der Waals surface area contributed by atoms with E-state index in [1.54, 1.807) is 12.4 Å². The molecule has 2 aliphatic carbocycles. The first-order valence-electron chi connectivity index (χ1n) is 10.0. The summed E-state index contributed by atoms with van der Waals surface area (Å²) in [7, 11) is -4.31. The molecule has 2 aromatic carbocycles. The fraction of sp³-hybridized carbons (Fsp3) is 0.250. The van der Waals surface area contributed by atoms with Crippen LogP contribution in [0.15, 0.2) is 48.8 Å². The van der Waals surface area contributed by atoms with E-state index in [1.807, 2.05) is 26.0 Å². The summed E-state index contributed by atoms with van der Waals surface area (Å²) < 4.78 is 34.9. The van der Waals surface area contributed by atoms with Gasteiger partial charge in [0.2, 0.25) is 0 Å². The van der Waals surface area contributed by atoms with Gasteiger partial charge in [-0.2, -0.15) is 8.42 Å². The van der Waals surface area contributed by atoms with Gasteiger partial charge in [-0.3, -0.25) is 14.5 Å². The molecule has 0 saturated heterocycles. The van der Waals surface area contributed by atoms with Crippen LogP contribution in [-0.2, 0) is 16.5 Å². The molecule has 5 nitrogen and oxygen atoms in total. The molecular weight excluding hydrogens is 396 g/mol. The molecule has 3 unspecified atom stereocenters. The predicted octanol–water partition coefficient (Wildman–Crippen LogP) is 2.77. The first-order chi connectivity index (χ1) is 14.3. The molecule has 0 fully saturated rings. The zero-order valence-corrected chi connectivity index (χ0v) is 17.6. The Kier molecular flexibility index (Phi) is 4.38. The summed E-state index contributed by atoms with van der Waals surface area (Å²) in [5.41, 5.74) is 3.51. The summed E-state index contributed by atoms with van der Waals surface area (Å²) in [6.07, 6.45) is 12.4. The van der Waals surface area contributed by atoms with Crippen molar-refractivity contribution in [2.24, 2.45) is 0 Å². The largest absolute Gasteiger partial charge is 0.285 e. The molecule has 30 heavy (non-hydrogen) atoms. The van der Waals surface area contributed by atoms with Gasteiger partial charge in [-0.25, -0.2) is 0 Å². The van der Waals surface area contributed by atoms with E-state index in [1.165, 1.54) is 10.8 Å². The minimum atomic E-state index is -4.31. The molecule has 0 aliphatic heterocycles. The summed E-state index contributed by atoms with van der Waals surface area (Å²) >= 11 is 0. The van der Waals surface area contributed by atoms with Crippen molar-refractivity contribution < 1.29 is 13.0 Å². The second-order valence-corrected chi connectivity index (χ2v) is 9.72. The minimum Gasteiger partial charge on any atom is -0.285 e. The van der Waals surface area contributed by atoms with Gasteiger partial charge in [0, 0.05) is 24.2 Å². The average molecular weight is 419 g/mol. The van der Waals surface area contributed by atoms with Crippen LogP contribution in [0.5, 0.6) is 0 Å². The van der Waals surface area contributed by atoms with Gasteiger partial charge in [0.05, 0.1) is 11.4 Å². The van der Waals surface area contributed by atoms with Gasteiger partial charge in [0.25, 0.3) is 10.1 Å². The van der Waals surface area contributed by atoms with Crippen molar-refractivity contribution in [1.29, 1.82) is 0 Å². The molecule has 0 bridgehead atoms. The van der Waals surface area contributed by atoms with E-state index < -0.39 is 27.2 Å². The van der Waals surface area contributed by atoms with E-state index >= 15 is 0 Å². The van der Waals surface area contributed by atoms with Crippen LogP contribution in [0.2, 0.25) is 0 Å². The summed E-state index contributed by atoms with van der Waals surface area (Å²) in [5, 5.41) is 3.45. The molecule has 6 heteroatoms. The highest BCUT2D eigenvalue weighted by Gasteiger charge is 2.41. The number of allylic oxidation sites excluding steroid dienone is 2. The molecule has 1 aromatic heterocycles. The summed E-state index contributed by atoms with van der Waals surface area (Å²) in [4.78, 5) is 8.74. The molecule has 0 amide bonds. The quantitative estimate of drug-likeness (QED) is 0.648. The Morgan fingerprint density at radius 3 is 2.53 bits per heavy atom. The van der Waals surface area contributed by atoms with Crippen molar-refractivity contribution in [3.05, 3.63) is 81.8 Å². The summed E-state index contributed by atoms with van der Waals surface area (Å²) in [6, 6.07) is 8.33. The molecule has 152 valence electrons. The molecule has 1 N–H and O–H groups in total. The minimum absolute atomic E-state index is 0.391. The first-order valence-corrected chi connectivity index (χ1v) is 11.5. The van der Waals surface area contributed by atoms with Gasteiger partial charge in [0.15, 0.2) is 0 Å². The second-order valence-electron chi connectivity index (χ2n) is 8.14. The average Bonchev–Trinajstić information content (AvgIpc) is 2.72. The van der Waals surface area contributed by atoms with Crippen molar-refractivity contribution in [2.45, 2.75) is 37.4 Å². The highest BCUT2D eigenvalue weighted by molar-refractivity contribution is 7.86. The standard InChI is InChI=1S/C24H22N2O3S/c1-14-12-26-23(13-25-14)22-11-21-17(15(2)24(22)30(27,28)29)9-10-19-18-6-4-3-5-16(18)7-8-20(19)21/h3-4,6-13,15,22,24H,5H2,1-2H3,(H,27,28,29). The van der Waals surface area contributed by atoms with Crippen LogP contribution in [0, 0.1) is 6.92 Å². The summed E-state index contributed by atoms with van der Waals surface area (Å²) in [6.45, 7) is 3.69. The number of nitrogens with zero attached hydrogens (tertiary/aromatic N) is 2. The third-order valence-corrected chi connectivity index (χ3v) is 7.70. The van der Waals surface area contributed by atoms with Crippen molar-refractivity contribution in [3.63, 3.8) is 0 Å². The molecule has 2 aliphatic rings. The highest BCUT2D eigenvalue weighted by atomic mass is 32.2. The molecule has 5 rings (SSSR count). The molecule has 3 aromatic rings. The Hall–Kier alpha value is -2.83. The van der Waals surface area contributed by atoms with Crippen LogP contribution in [-0.4, -0.2) is 28.2 Å². The Morgan fingerprint density at radius 2 is 1.80 bits per heavy atom. The van der Waals surface area contributed by atoms with E-state index in [0.717, 1.165) is 33.7 Å². The van der Waals surface area contributed by atoms with E-state index in [2.05, 4.69) is 46.4 Å². The number of hydrogen-bond acceptors (Lipinski definition) is 4. The van der Waals surface area contributed by atoms with Gasteiger partial charge in [-0.1, -0.05) is 55.5 Å². The Labute approximate surface area is 175 Å². The number of hydrogen-bond donors (Lipinski definition) is 1. The zero-order valence-electron chi connectivity index (χ0n) is 16.8. The lowest BCUT2D eigenvalue weighted by Gasteiger charge is -2.32. The maximum atomic E-state index is 12.4. The van der Waals surface area contributed by atoms with Gasteiger partial charge in [-0.05, 0) is 45.7 Å². The smallest absolute Gasteiger partial charge is 0.269 e. The predicted molar refractivity (Wildman–Crippen MR) is 118 cm³/mol. The lowest BCUT2D eigenvalue weighted by molar-refractivity contribution is 0.445. The highest BCUT2D eigenvalue weighted by Crippen LogP contribution is 2.38. The van der Waals surface area contributed by atoms with Crippen molar-refractivity contribution in [1.82, 2.24) is 9.97 Å². The molecule has 1 heterocycles. The Balaban J connectivity index is 1.84. The van der Waals surface area contributed by atoms with Crippen LogP contribution >= 0.6 is 0 Å². The Bertz CT molecular complexity index is 1420. The van der Waals surface area contributed by atoms with E-state index in [9.17, 15) is 13.0 Å². The maximum Gasteiger partial charge on any atom is 0.269 e. The van der Waals surface area contributed by atoms with Crippen LogP contribution in [0.3, 0.4) is 0 Å². The van der Waals surface area contributed by atoms with Gasteiger partial charge in [0.1, 0.15) is 5.25 Å².